The number of hydrogen-bond acceptors (Lipinski definition) is 5. The molecule has 0 fully saturated rings. The summed E-state index contributed by atoms with van der Waals surface area (Å²) < 4.78 is 5.60. The van der Waals surface area contributed by atoms with Gasteiger partial charge in [-0.2, -0.15) is 5.10 Å². The van der Waals surface area contributed by atoms with Crippen molar-refractivity contribution in [3.05, 3.63) is 83.8 Å². The Labute approximate surface area is 192 Å². The molecule has 0 bridgehead atoms. The predicted octanol–water partition coefficient (Wildman–Crippen LogP) is 4.53. The molecule has 7 nitrogen and oxygen atoms in total. The van der Waals surface area contributed by atoms with Gasteiger partial charge in [0.15, 0.2) is 0 Å². The molecule has 7 heteroatoms. The molecule has 33 heavy (non-hydrogen) atoms. The highest BCUT2D eigenvalue weighted by Crippen LogP contribution is 2.29. The van der Waals surface area contributed by atoms with E-state index in [0.717, 1.165) is 45.7 Å². The predicted molar refractivity (Wildman–Crippen MR) is 129 cm³/mol. The van der Waals surface area contributed by atoms with E-state index >= 15 is 0 Å². The minimum atomic E-state index is -0.209. The van der Waals surface area contributed by atoms with Gasteiger partial charge in [-0.25, -0.2) is 0 Å². The van der Waals surface area contributed by atoms with Gasteiger partial charge in [0.1, 0.15) is 0 Å². The summed E-state index contributed by atoms with van der Waals surface area (Å²) in [7, 11) is 4.01. The smallest absolute Gasteiger partial charge is 0.257 e. The Hall–Kier alpha value is -3.97. The van der Waals surface area contributed by atoms with Gasteiger partial charge >= 0.3 is 0 Å². The SMILES string of the molecule is CN(C)c1ccc(-c2cncc(C(=O)Nc3cccc(-c4n[nH]c5c4COCC5)c3)c2)cc1. The highest BCUT2D eigenvalue weighted by molar-refractivity contribution is 6.05. The Morgan fingerprint density at radius 1 is 1.03 bits per heavy atom. The van der Waals surface area contributed by atoms with E-state index in [1.807, 2.05) is 73.6 Å². The van der Waals surface area contributed by atoms with Crippen molar-refractivity contribution >= 4 is 17.3 Å². The average Bonchev–Trinajstić information content (AvgIpc) is 3.29. The number of benzene rings is 2. The molecule has 2 aromatic carbocycles. The van der Waals surface area contributed by atoms with Crippen LogP contribution in [0.1, 0.15) is 21.6 Å². The van der Waals surface area contributed by atoms with Gasteiger partial charge in [-0.3, -0.25) is 14.9 Å². The first-order chi connectivity index (χ1) is 16.1. The van der Waals surface area contributed by atoms with Crippen molar-refractivity contribution in [3.8, 4) is 22.4 Å². The Bertz CT molecular complexity index is 1290. The van der Waals surface area contributed by atoms with E-state index in [1.165, 1.54) is 0 Å². The summed E-state index contributed by atoms with van der Waals surface area (Å²) in [5, 5.41) is 10.6. The van der Waals surface area contributed by atoms with Crippen molar-refractivity contribution in [2.45, 2.75) is 13.0 Å². The summed E-state index contributed by atoms with van der Waals surface area (Å²) in [6.07, 6.45) is 4.18. The van der Waals surface area contributed by atoms with Crippen LogP contribution in [-0.4, -0.2) is 41.8 Å². The van der Waals surface area contributed by atoms with Crippen molar-refractivity contribution in [2.24, 2.45) is 0 Å². The molecule has 166 valence electrons. The van der Waals surface area contributed by atoms with E-state index in [9.17, 15) is 4.79 Å². The molecular formula is C26H25N5O2. The molecule has 4 aromatic rings. The number of carbonyl (C=O) groups excluding carboxylic acids is 1. The van der Waals surface area contributed by atoms with Crippen LogP contribution in [0.4, 0.5) is 11.4 Å². The second kappa shape index (κ2) is 8.88. The molecule has 1 aliphatic heterocycles. The third-order valence-electron chi connectivity index (χ3n) is 5.81. The Morgan fingerprint density at radius 3 is 2.70 bits per heavy atom. The largest absolute Gasteiger partial charge is 0.378 e. The highest BCUT2D eigenvalue weighted by atomic mass is 16.5. The highest BCUT2D eigenvalue weighted by Gasteiger charge is 2.19. The molecule has 0 unspecified atom stereocenters. The van der Waals surface area contributed by atoms with Crippen LogP contribution in [0.15, 0.2) is 67.0 Å². The fourth-order valence-electron chi connectivity index (χ4n) is 3.97. The number of nitrogens with zero attached hydrogens (tertiary/aromatic N) is 3. The number of rotatable bonds is 5. The quantitative estimate of drug-likeness (QED) is 0.477. The monoisotopic (exact) mass is 439 g/mol. The van der Waals surface area contributed by atoms with Gasteiger partial charge in [-0.05, 0) is 35.9 Å². The first kappa shape index (κ1) is 20.9. The van der Waals surface area contributed by atoms with Crippen LogP contribution in [0.5, 0.6) is 0 Å². The third kappa shape index (κ3) is 4.36. The van der Waals surface area contributed by atoms with Crippen molar-refractivity contribution in [2.75, 3.05) is 30.9 Å². The van der Waals surface area contributed by atoms with Crippen molar-refractivity contribution < 1.29 is 9.53 Å². The number of amides is 1. The number of aromatic nitrogens is 3. The van der Waals surface area contributed by atoms with E-state index in [4.69, 9.17) is 4.74 Å². The molecular weight excluding hydrogens is 414 g/mol. The van der Waals surface area contributed by atoms with Crippen LogP contribution in [0.3, 0.4) is 0 Å². The van der Waals surface area contributed by atoms with Gasteiger partial charge in [0.2, 0.25) is 0 Å². The number of anilines is 2. The normalized spacial score (nSPS) is 12.8. The molecule has 0 radical (unpaired) electrons. The van der Waals surface area contributed by atoms with Crippen LogP contribution in [0.2, 0.25) is 0 Å². The van der Waals surface area contributed by atoms with Gasteiger partial charge < -0.3 is 15.0 Å². The lowest BCUT2D eigenvalue weighted by Crippen LogP contribution is -2.12. The zero-order chi connectivity index (χ0) is 22.8. The zero-order valence-electron chi connectivity index (χ0n) is 18.6. The van der Waals surface area contributed by atoms with Gasteiger partial charge in [0.25, 0.3) is 5.91 Å². The number of aromatic amines is 1. The van der Waals surface area contributed by atoms with Crippen molar-refractivity contribution in [1.82, 2.24) is 15.2 Å². The van der Waals surface area contributed by atoms with Crippen molar-refractivity contribution in [3.63, 3.8) is 0 Å². The van der Waals surface area contributed by atoms with Gasteiger partial charge in [-0.1, -0.05) is 24.3 Å². The first-order valence-corrected chi connectivity index (χ1v) is 10.9. The molecule has 2 aromatic heterocycles. The maximum absolute atomic E-state index is 13.0. The molecule has 0 spiro atoms. The van der Waals surface area contributed by atoms with E-state index in [0.29, 0.717) is 24.5 Å². The second-order valence-corrected chi connectivity index (χ2v) is 8.27. The Kier molecular flexibility index (Phi) is 5.62. The maximum atomic E-state index is 13.0. The standard InChI is InChI=1S/C26H25N5O2/c1-31(2)22-8-6-17(7-9-22)19-12-20(15-27-14-19)26(32)28-21-5-3-4-18(13-21)25-23-16-33-11-10-24(23)29-30-25/h3-9,12-15H,10-11,16H2,1-2H3,(H,28,32)(H,29,30). The number of nitrogens with one attached hydrogen (secondary N) is 2. The van der Waals surface area contributed by atoms with Crippen LogP contribution in [0, 0.1) is 0 Å². The Balaban J connectivity index is 1.36. The molecule has 5 rings (SSSR count). The molecule has 1 amide bonds. The summed E-state index contributed by atoms with van der Waals surface area (Å²) in [5.74, 6) is -0.209. The van der Waals surface area contributed by atoms with E-state index in [-0.39, 0.29) is 5.91 Å². The van der Waals surface area contributed by atoms with E-state index in [2.05, 4.69) is 20.5 Å². The lowest BCUT2D eigenvalue weighted by atomic mass is 10.0. The molecule has 0 saturated carbocycles. The number of carbonyl (C=O) groups is 1. The lowest BCUT2D eigenvalue weighted by Gasteiger charge is -2.13. The van der Waals surface area contributed by atoms with Crippen LogP contribution in [-0.2, 0) is 17.8 Å². The fourth-order valence-corrected chi connectivity index (χ4v) is 3.97. The number of fused-ring (bicyclic) bond motifs is 1. The van der Waals surface area contributed by atoms with E-state index in [1.54, 1.807) is 12.4 Å². The number of pyridine rings is 1. The molecule has 0 atom stereocenters. The minimum Gasteiger partial charge on any atom is -0.378 e. The van der Waals surface area contributed by atoms with Gasteiger partial charge in [-0.15, -0.1) is 0 Å². The molecule has 1 aliphatic rings. The lowest BCUT2D eigenvalue weighted by molar-refractivity contribution is 0.102. The minimum absolute atomic E-state index is 0.209. The zero-order valence-corrected chi connectivity index (χ0v) is 18.6. The van der Waals surface area contributed by atoms with Gasteiger partial charge in [0.05, 0.1) is 24.5 Å². The topological polar surface area (TPSA) is 83.1 Å². The average molecular weight is 440 g/mol. The Morgan fingerprint density at radius 2 is 1.88 bits per heavy atom. The van der Waals surface area contributed by atoms with E-state index < -0.39 is 0 Å². The summed E-state index contributed by atoms with van der Waals surface area (Å²) >= 11 is 0. The molecule has 2 N–H and O–H groups in total. The molecule has 0 saturated heterocycles. The van der Waals surface area contributed by atoms with Crippen molar-refractivity contribution in [1.29, 1.82) is 0 Å². The summed E-state index contributed by atoms with van der Waals surface area (Å²) in [4.78, 5) is 19.3. The summed E-state index contributed by atoms with van der Waals surface area (Å²) in [6.45, 7) is 1.25. The fraction of sp³-hybridized carbons (Fsp3) is 0.192. The van der Waals surface area contributed by atoms with Crippen LogP contribution in [0.25, 0.3) is 22.4 Å². The number of ether oxygens (including phenoxy) is 1. The van der Waals surface area contributed by atoms with Gasteiger partial charge in [0, 0.05) is 66.7 Å². The molecule has 3 heterocycles. The number of hydrogen-bond donors (Lipinski definition) is 2. The first-order valence-electron chi connectivity index (χ1n) is 10.9. The van der Waals surface area contributed by atoms with Crippen LogP contribution >= 0.6 is 0 Å². The summed E-state index contributed by atoms with van der Waals surface area (Å²) in [6, 6.07) is 17.7. The maximum Gasteiger partial charge on any atom is 0.257 e. The second-order valence-electron chi connectivity index (χ2n) is 8.27. The van der Waals surface area contributed by atoms with Crippen LogP contribution < -0.4 is 10.2 Å². The third-order valence-corrected chi connectivity index (χ3v) is 5.81. The summed E-state index contributed by atoms with van der Waals surface area (Å²) in [5.41, 5.74) is 8.22. The molecule has 0 aliphatic carbocycles. The number of H-pyrrole nitrogens is 1.